The van der Waals surface area contributed by atoms with Gasteiger partial charge in [0.05, 0.1) is 7.11 Å². The Morgan fingerprint density at radius 2 is 2.44 bits per heavy atom. The lowest BCUT2D eigenvalue weighted by Gasteiger charge is -1.96. The highest BCUT2D eigenvalue weighted by Crippen LogP contribution is 2.08. The predicted molar refractivity (Wildman–Crippen MR) is 30.8 cm³/mol. The third-order valence-corrected chi connectivity index (χ3v) is 0.809. The van der Waals surface area contributed by atoms with E-state index in [1.807, 2.05) is 0 Å². The first-order valence-electron chi connectivity index (χ1n) is 2.31. The van der Waals surface area contributed by atoms with Gasteiger partial charge in [-0.2, -0.15) is 0 Å². The van der Waals surface area contributed by atoms with Crippen molar-refractivity contribution in [1.82, 2.24) is 15.2 Å². The van der Waals surface area contributed by atoms with E-state index in [0.717, 1.165) is 0 Å². The lowest BCUT2D eigenvalue weighted by atomic mass is 10.7. The zero-order valence-electron chi connectivity index (χ0n) is 4.90. The van der Waals surface area contributed by atoms with Gasteiger partial charge < -0.3 is 10.5 Å². The third kappa shape index (κ3) is 1.04. The number of nitrogens with zero attached hydrogens (tertiary/aromatic N) is 3. The van der Waals surface area contributed by atoms with Crippen molar-refractivity contribution in [1.29, 1.82) is 0 Å². The number of aromatic nitrogens is 3. The quantitative estimate of drug-likeness (QED) is 0.547. The fourth-order valence-electron chi connectivity index (χ4n) is 0.418. The second kappa shape index (κ2) is 2.25. The zero-order valence-corrected chi connectivity index (χ0v) is 4.90. The van der Waals surface area contributed by atoms with E-state index in [0.29, 0.717) is 0 Å². The second-order valence-corrected chi connectivity index (χ2v) is 1.35. The van der Waals surface area contributed by atoms with Crippen LogP contribution in [-0.4, -0.2) is 22.3 Å². The van der Waals surface area contributed by atoms with E-state index < -0.39 is 0 Å². The molecule has 1 aromatic rings. The minimum Gasteiger partial charge on any atom is -0.477 e. The maximum atomic E-state index is 5.29. The Hall–Kier alpha value is -1.39. The molecule has 0 aliphatic heterocycles. The number of methoxy groups -OCH3 is 1. The van der Waals surface area contributed by atoms with Crippen LogP contribution in [-0.2, 0) is 0 Å². The molecule has 0 atom stereocenters. The van der Waals surface area contributed by atoms with Crippen molar-refractivity contribution in [3.05, 3.63) is 6.33 Å². The van der Waals surface area contributed by atoms with Crippen LogP contribution in [0.25, 0.3) is 0 Å². The number of hydrogen-bond acceptors (Lipinski definition) is 5. The van der Waals surface area contributed by atoms with E-state index in [4.69, 9.17) is 5.73 Å². The summed E-state index contributed by atoms with van der Waals surface area (Å²) < 4.78 is 4.68. The average molecular weight is 126 g/mol. The molecule has 48 valence electrons. The summed E-state index contributed by atoms with van der Waals surface area (Å²) >= 11 is 0. The molecule has 9 heavy (non-hydrogen) atoms. The van der Waals surface area contributed by atoms with Gasteiger partial charge in [0.15, 0.2) is 5.82 Å². The summed E-state index contributed by atoms with van der Waals surface area (Å²) in [5, 5.41) is 6.99. The maximum Gasteiger partial charge on any atom is 0.276 e. The molecule has 1 heterocycles. The number of nitrogens with two attached hydrogens (primary N) is 1. The normalized spacial score (nSPS) is 9.00. The van der Waals surface area contributed by atoms with Gasteiger partial charge in [-0.25, -0.2) is 4.98 Å². The summed E-state index contributed by atoms with van der Waals surface area (Å²) in [6.07, 6.45) is 1.26. The van der Waals surface area contributed by atoms with E-state index in [1.165, 1.54) is 13.4 Å². The average Bonchev–Trinajstić information content (AvgIpc) is 1.89. The molecule has 5 nitrogen and oxygen atoms in total. The molecule has 0 amide bonds. The minimum absolute atomic E-state index is 0.257. The van der Waals surface area contributed by atoms with Gasteiger partial charge in [-0.3, -0.25) is 0 Å². The lowest BCUT2D eigenvalue weighted by molar-refractivity contribution is 0.392. The number of ether oxygens (including phenoxy) is 1. The van der Waals surface area contributed by atoms with Crippen LogP contribution in [0.4, 0.5) is 5.82 Å². The van der Waals surface area contributed by atoms with Crippen LogP contribution in [0.3, 0.4) is 0 Å². The number of hydrogen-bond donors (Lipinski definition) is 1. The lowest BCUT2D eigenvalue weighted by Crippen LogP contribution is -1.98. The number of anilines is 1. The summed E-state index contributed by atoms with van der Waals surface area (Å²) in [4.78, 5) is 3.63. The van der Waals surface area contributed by atoms with E-state index in [2.05, 4.69) is 19.9 Å². The Kier molecular flexibility index (Phi) is 1.44. The van der Waals surface area contributed by atoms with Gasteiger partial charge in [0.1, 0.15) is 6.33 Å². The Balaban J connectivity index is 3.01. The SMILES string of the molecule is COc1nncnc1N. The molecular formula is C4H6N4O. The highest BCUT2D eigenvalue weighted by atomic mass is 16.5. The molecule has 0 unspecified atom stereocenters. The van der Waals surface area contributed by atoms with Gasteiger partial charge in [-0.05, 0) is 0 Å². The van der Waals surface area contributed by atoms with Crippen LogP contribution in [0.2, 0.25) is 0 Å². The van der Waals surface area contributed by atoms with Gasteiger partial charge in [0, 0.05) is 0 Å². The molecule has 0 radical (unpaired) electrons. The summed E-state index contributed by atoms with van der Waals surface area (Å²) in [5.74, 6) is 0.519. The summed E-state index contributed by atoms with van der Waals surface area (Å²) in [7, 11) is 1.46. The van der Waals surface area contributed by atoms with Crippen molar-refractivity contribution in [3.63, 3.8) is 0 Å². The van der Waals surface area contributed by atoms with E-state index >= 15 is 0 Å². The Bertz CT molecular complexity index is 202. The largest absolute Gasteiger partial charge is 0.477 e. The minimum atomic E-state index is 0.257. The van der Waals surface area contributed by atoms with Crippen LogP contribution in [0.5, 0.6) is 5.88 Å². The Labute approximate surface area is 51.9 Å². The van der Waals surface area contributed by atoms with Crippen molar-refractivity contribution < 1.29 is 4.74 Å². The van der Waals surface area contributed by atoms with Crippen LogP contribution in [0, 0.1) is 0 Å². The standard InChI is InChI=1S/C4H6N4O/c1-9-4-3(5)6-2-7-8-4/h2H,1H3,(H2,5,6,7). The summed E-state index contributed by atoms with van der Waals surface area (Å²) in [6.45, 7) is 0. The van der Waals surface area contributed by atoms with Crippen LogP contribution in [0.1, 0.15) is 0 Å². The number of nitrogen functional groups attached to an aromatic ring is 1. The van der Waals surface area contributed by atoms with Gasteiger partial charge in [-0.1, -0.05) is 0 Å². The third-order valence-electron chi connectivity index (χ3n) is 0.809. The molecule has 5 heteroatoms. The topological polar surface area (TPSA) is 73.9 Å². The first-order valence-corrected chi connectivity index (χ1v) is 2.31. The zero-order chi connectivity index (χ0) is 6.69. The molecule has 1 aromatic heterocycles. The van der Waals surface area contributed by atoms with Crippen molar-refractivity contribution in [2.24, 2.45) is 0 Å². The first-order chi connectivity index (χ1) is 4.34. The van der Waals surface area contributed by atoms with Gasteiger partial charge in [-0.15, -0.1) is 10.2 Å². The molecule has 0 aromatic carbocycles. The predicted octanol–water partition coefficient (Wildman–Crippen LogP) is -0.538. The van der Waals surface area contributed by atoms with Gasteiger partial charge in [0.25, 0.3) is 5.88 Å². The highest BCUT2D eigenvalue weighted by molar-refractivity contribution is 5.37. The molecule has 0 aliphatic rings. The van der Waals surface area contributed by atoms with Crippen molar-refractivity contribution in [3.8, 4) is 5.88 Å². The Morgan fingerprint density at radius 1 is 1.67 bits per heavy atom. The molecule has 0 fully saturated rings. The fourth-order valence-corrected chi connectivity index (χ4v) is 0.418. The van der Waals surface area contributed by atoms with Crippen LogP contribution in [0.15, 0.2) is 6.33 Å². The van der Waals surface area contributed by atoms with E-state index in [9.17, 15) is 0 Å². The second-order valence-electron chi connectivity index (χ2n) is 1.35. The summed E-state index contributed by atoms with van der Waals surface area (Å²) in [6, 6.07) is 0. The molecule has 0 aliphatic carbocycles. The Morgan fingerprint density at radius 3 is 2.89 bits per heavy atom. The van der Waals surface area contributed by atoms with Crippen molar-refractivity contribution in [2.45, 2.75) is 0 Å². The molecule has 0 spiro atoms. The van der Waals surface area contributed by atoms with Crippen LogP contribution >= 0.6 is 0 Å². The molecular weight excluding hydrogens is 120 g/mol. The van der Waals surface area contributed by atoms with E-state index in [-0.39, 0.29) is 11.7 Å². The van der Waals surface area contributed by atoms with Crippen molar-refractivity contribution in [2.75, 3.05) is 12.8 Å². The molecule has 0 saturated carbocycles. The molecule has 0 bridgehead atoms. The van der Waals surface area contributed by atoms with Gasteiger partial charge >= 0.3 is 0 Å². The maximum absolute atomic E-state index is 5.29. The van der Waals surface area contributed by atoms with Crippen molar-refractivity contribution >= 4 is 5.82 Å². The first kappa shape index (κ1) is 5.74. The monoisotopic (exact) mass is 126 g/mol. The smallest absolute Gasteiger partial charge is 0.276 e. The molecule has 0 saturated heterocycles. The van der Waals surface area contributed by atoms with E-state index in [1.54, 1.807) is 0 Å². The van der Waals surface area contributed by atoms with Crippen LogP contribution < -0.4 is 10.5 Å². The van der Waals surface area contributed by atoms with Gasteiger partial charge in [0.2, 0.25) is 0 Å². The molecule has 1 rings (SSSR count). The highest BCUT2D eigenvalue weighted by Gasteiger charge is 1.97. The molecule has 2 N–H and O–H groups in total. The number of rotatable bonds is 1. The fraction of sp³-hybridized carbons (Fsp3) is 0.250. The summed E-state index contributed by atoms with van der Waals surface area (Å²) in [5.41, 5.74) is 5.29.